The van der Waals surface area contributed by atoms with Crippen LogP contribution in [0.1, 0.15) is 19.4 Å². The molecule has 1 amide bonds. The van der Waals surface area contributed by atoms with Gasteiger partial charge in [0, 0.05) is 19.3 Å². The number of hydrogen-bond donors (Lipinski definition) is 0. The van der Waals surface area contributed by atoms with Crippen LogP contribution in [0.4, 0.5) is 5.13 Å². The summed E-state index contributed by atoms with van der Waals surface area (Å²) in [6.45, 7) is 4.33. The number of fused-ring (bicyclic) bond motifs is 1. The number of carbonyl (C=O) groups excluding carboxylic acids is 2. The summed E-state index contributed by atoms with van der Waals surface area (Å²) in [6, 6.07) is 9.42. The van der Waals surface area contributed by atoms with Gasteiger partial charge in [-0.2, -0.15) is 0 Å². The molecular formula is C19H19N3O3S2. The van der Waals surface area contributed by atoms with E-state index in [1.54, 1.807) is 17.3 Å². The molecule has 6 nitrogen and oxygen atoms in total. The van der Waals surface area contributed by atoms with Gasteiger partial charge in [0.15, 0.2) is 10.2 Å². The Morgan fingerprint density at radius 1 is 1.30 bits per heavy atom. The van der Waals surface area contributed by atoms with Gasteiger partial charge < -0.3 is 4.74 Å². The first-order valence-electron chi connectivity index (χ1n) is 8.43. The summed E-state index contributed by atoms with van der Waals surface area (Å²) in [5, 5.41) is 0.506. The molecule has 8 heteroatoms. The van der Waals surface area contributed by atoms with Gasteiger partial charge in [0.1, 0.15) is 5.75 Å². The number of pyridine rings is 1. The third kappa shape index (κ3) is 5.05. The van der Waals surface area contributed by atoms with Crippen LogP contribution in [0.3, 0.4) is 0 Å². The molecule has 0 unspecified atom stereocenters. The predicted molar refractivity (Wildman–Crippen MR) is 109 cm³/mol. The number of hydrogen-bond acceptors (Lipinski definition) is 7. The molecule has 3 aromatic rings. The Bertz CT molecular complexity index is 944. The van der Waals surface area contributed by atoms with Crippen molar-refractivity contribution in [1.29, 1.82) is 0 Å². The highest BCUT2D eigenvalue weighted by atomic mass is 32.2. The van der Waals surface area contributed by atoms with Crippen molar-refractivity contribution in [2.45, 2.75) is 20.4 Å². The summed E-state index contributed by atoms with van der Waals surface area (Å²) in [5.41, 5.74) is 1.70. The summed E-state index contributed by atoms with van der Waals surface area (Å²) in [7, 11) is 0. The fourth-order valence-electron chi connectivity index (χ4n) is 2.44. The van der Waals surface area contributed by atoms with Crippen LogP contribution < -0.4 is 9.64 Å². The van der Waals surface area contributed by atoms with Crippen molar-refractivity contribution in [3.8, 4) is 5.75 Å². The number of thioether (sulfide) groups is 1. The van der Waals surface area contributed by atoms with Crippen LogP contribution >= 0.6 is 23.1 Å². The average molecular weight is 402 g/mol. The first-order valence-corrected chi connectivity index (χ1v) is 10.2. The van der Waals surface area contributed by atoms with Crippen molar-refractivity contribution in [2.75, 3.05) is 17.3 Å². The molecule has 140 valence electrons. The number of amides is 1. The van der Waals surface area contributed by atoms with Gasteiger partial charge in [-0.15, -0.1) is 0 Å². The molecule has 0 saturated carbocycles. The zero-order chi connectivity index (χ0) is 19.2. The molecule has 0 fully saturated rings. The van der Waals surface area contributed by atoms with E-state index in [1.807, 2.05) is 37.3 Å². The Kier molecular flexibility index (Phi) is 6.41. The van der Waals surface area contributed by atoms with E-state index in [4.69, 9.17) is 4.74 Å². The van der Waals surface area contributed by atoms with Crippen LogP contribution in [0.25, 0.3) is 10.2 Å². The Morgan fingerprint density at radius 3 is 2.85 bits per heavy atom. The number of rotatable bonds is 7. The minimum absolute atomic E-state index is 0.0791. The van der Waals surface area contributed by atoms with E-state index >= 15 is 0 Å². The Hall–Kier alpha value is -2.45. The topological polar surface area (TPSA) is 72.4 Å². The number of ether oxygens (including phenoxy) is 1. The predicted octanol–water partition coefficient (Wildman–Crippen LogP) is 3.90. The second-order valence-corrected chi connectivity index (χ2v) is 7.84. The minimum atomic E-state index is -0.164. The van der Waals surface area contributed by atoms with Gasteiger partial charge in [-0.3, -0.25) is 19.5 Å². The zero-order valence-corrected chi connectivity index (χ0v) is 16.7. The molecule has 0 spiro atoms. The highest BCUT2D eigenvalue weighted by molar-refractivity contribution is 8.14. The molecule has 0 N–H and O–H groups in total. The third-order valence-electron chi connectivity index (χ3n) is 3.65. The second kappa shape index (κ2) is 8.96. The number of carbonyl (C=O) groups is 2. The van der Waals surface area contributed by atoms with E-state index in [0.29, 0.717) is 18.3 Å². The first-order chi connectivity index (χ1) is 13.1. The lowest BCUT2D eigenvalue weighted by molar-refractivity contribution is -0.116. The lowest BCUT2D eigenvalue weighted by atomic mass is 10.2. The van der Waals surface area contributed by atoms with Crippen LogP contribution in [-0.4, -0.2) is 33.4 Å². The van der Waals surface area contributed by atoms with Crippen LogP contribution in [-0.2, 0) is 16.1 Å². The highest BCUT2D eigenvalue weighted by Gasteiger charge is 2.21. The van der Waals surface area contributed by atoms with Crippen molar-refractivity contribution in [2.24, 2.45) is 0 Å². The fourth-order valence-corrected chi connectivity index (χ4v) is 3.94. The summed E-state index contributed by atoms with van der Waals surface area (Å²) in [4.78, 5) is 34.4. The molecule has 3 rings (SSSR count). The van der Waals surface area contributed by atoms with Gasteiger partial charge in [-0.25, -0.2) is 4.98 Å². The minimum Gasteiger partial charge on any atom is -0.494 e. The van der Waals surface area contributed by atoms with Gasteiger partial charge >= 0.3 is 0 Å². The normalized spacial score (nSPS) is 10.7. The summed E-state index contributed by atoms with van der Waals surface area (Å²) in [6.07, 6.45) is 3.41. The lowest BCUT2D eigenvalue weighted by Crippen LogP contribution is -2.32. The highest BCUT2D eigenvalue weighted by Crippen LogP contribution is 2.32. The molecule has 1 aromatic carbocycles. The van der Waals surface area contributed by atoms with Crippen molar-refractivity contribution in [1.82, 2.24) is 9.97 Å². The number of benzene rings is 1. The van der Waals surface area contributed by atoms with E-state index in [1.165, 1.54) is 18.3 Å². The molecular weight excluding hydrogens is 382 g/mol. The maximum Gasteiger partial charge on any atom is 0.239 e. The maximum absolute atomic E-state index is 12.8. The fraction of sp³-hybridized carbons (Fsp3) is 0.263. The second-order valence-electron chi connectivity index (χ2n) is 5.68. The molecule has 0 aliphatic carbocycles. The summed E-state index contributed by atoms with van der Waals surface area (Å²) in [5.74, 6) is 0.691. The molecule has 0 bridgehead atoms. The Balaban J connectivity index is 1.92. The molecule has 27 heavy (non-hydrogen) atoms. The molecule has 2 aromatic heterocycles. The molecule has 0 aliphatic heterocycles. The van der Waals surface area contributed by atoms with Crippen LogP contribution in [0, 0.1) is 0 Å². The lowest BCUT2D eigenvalue weighted by Gasteiger charge is -2.19. The van der Waals surface area contributed by atoms with Crippen LogP contribution in [0.2, 0.25) is 0 Å². The number of anilines is 1. The van der Waals surface area contributed by atoms with E-state index < -0.39 is 0 Å². The van der Waals surface area contributed by atoms with Crippen LogP contribution in [0.5, 0.6) is 5.75 Å². The van der Waals surface area contributed by atoms with Crippen molar-refractivity contribution in [3.63, 3.8) is 0 Å². The smallest absolute Gasteiger partial charge is 0.239 e. The number of aromatic nitrogens is 2. The SMILES string of the molecule is CCOc1ccc2nc(N(Cc3cccnc3)C(=O)CSC(C)=O)sc2c1. The molecule has 0 aliphatic rings. The Morgan fingerprint density at radius 2 is 2.15 bits per heavy atom. The maximum atomic E-state index is 12.8. The summed E-state index contributed by atoms with van der Waals surface area (Å²) >= 11 is 2.43. The van der Waals surface area contributed by atoms with E-state index in [2.05, 4.69) is 9.97 Å². The third-order valence-corrected chi connectivity index (χ3v) is 5.49. The number of thiazole rings is 1. The first kappa shape index (κ1) is 19.3. The van der Waals surface area contributed by atoms with Crippen molar-refractivity contribution >= 4 is 49.5 Å². The molecule has 2 heterocycles. The van der Waals surface area contributed by atoms with Gasteiger partial charge in [0.2, 0.25) is 5.91 Å². The van der Waals surface area contributed by atoms with E-state index in [0.717, 1.165) is 33.3 Å². The number of nitrogens with zero attached hydrogens (tertiary/aromatic N) is 3. The van der Waals surface area contributed by atoms with Crippen LogP contribution in [0.15, 0.2) is 42.7 Å². The van der Waals surface area contributed by atoms with Gasteiger partial charge in [-0.05, 0) is 36.8 Å². The van der Waals surface area contributed by atoms with Crippen molar-refractivity contribution in [3.05, 3.63) is 48.3 Å². The monoisotopic (exact) mass is 401 g/mol. The zero-order valence-electron chi connectivity index (χ0n) is 15.0. The van der Waals surface area contributed by atoms with Gasteiger partial charge in [0.25, 0.3) is 0 Å². The summed E-state index contributed by atoms with van der Waals surface area (Å²) < 4.78 is 6.48. The van der Waals surface area contributed by atoms with Gasteiger partial charge in [-0.1, -0.05) is 29.2 Å². The standard InChI is InChI=1S/C19H19N3O3S2/c1-3-25-15-6-7-16-17(9-15)27-19(21-16)22(18(24)12-26-13(2)23)11-14-5-4-8-20-10-14/h4-10H,3,11-12H2,1-2H3. The largest absolute Gasteiger partial charge is 0.494 e. The van der Waals surface area contributed by atoms with E-state index in [9.17, 15) is 9.59 Å². The molecule has 0 saturated heterocycles. The molecule has 0 atom stereocenters. The van der Waals surface area contributed by atoms with Gasteiger partial charge in [0.05, 0.1) is 29.1 Å². The Labute approximate surface area is 165 Å². The average Bonchev–Trinajstić information content (AvgIpc) is 3.08. The quantitative estimate of drug-likeness (QED) is 0.598. The molecule has 0 radical (unpaired) electrons. The van der Waals surface area contributed by atoms with Crippen molar-refractivity contribution < 1.29 is 14.3 Å². The van der Waals surface area contributed by atoms with E-state index in [-0.39, 0.29) is 16.8 Å².